The maximum absolute atomic E-state index is 5.88. The molecule has 0 spiro atoms. The highest BCUT2D eigenvalue weighted by atomic mass is 14.9. The molecule has 0 radical (unpaired) electrons. The number of aromatic amines is 1. The van der Waals surface area contributed by atoms with E-state index in [4.69, 9.17) is 5.73 Å². The van der Waals surface area contributed by atoms with Crippen LogP contribution in [0, 0.1) is 0 Å². The third-order valence-electron chi connectivity index (χ3n) is 4.40. The van der Waals surface area contributed by atoms with E-state index in [9.17, 15) is 0 Å². The van der Waals surface area contributed by atoms with E-state index < -0.39 is 0 Å². The maximum Gasteiger partial charge on any atom is 0.0922 e. The monoisotopic (exact) mass is 329 g/mol. The van der Waals surface area contributed by atoms with Gasteiger partial charge in [0, 0.05) is 29.7 Å². The van der Waals surface area contributed by atoms with Gasteiger partial charge in [-0.25, -0.2) is 4.98 Å². The summed E-state index contributed by atoms with van der Waals surface area (Å²) in [5, 5.41) is 1.12. The first-order chi connectivity index (χ1) is 12.4. The van der Waals surface area contributed by atoms with Crippen molar-refractivity contribution in [1.82, 2.24) is 19.9 Å². The van der Waals surface area contributed by atoms with Crippen LogP contribution < -0.4 is 5.73 Å². The molecule has 0 saturated heterocycles. The molecule has 0 bridgehead atoms. The first kappa shape index (κ1) is 15.5. The number of H-pyrrole nitrogens is 1. The lowest BCUT2D eigenvalue weighted by Gasteiger charge is -2.20. The fourth-order valence-electron chi connectivity index (χ4n) is 3.28. The van der Waals surface area contributed by atoms with E-state index in [0.717, 1.165) is 28.7 Å². The smallest absolute Gasteiger partial charge is 0.0922 e. The molecule has 0 amide bonds. The van der Waals surface area contributed by atoms with Crippen LogP contribution in [0.15, 0.2) is 67.4 Å². The zero-order chi connectivity index (χ0) is 17.1. The summed E-state index contributed by atoms with van der Waals surface area (Å²) in [5.74, 6) is -0.0309. The van der Waals surface area contributed by atoms with Gasteiger partial charge in [-0.1, -0.05) is 12.1 Å². The third-order valence-corrected chi connectivity index (χ3v) is 4.40. The van der Waals surface area contributed by atoms with E-state index >= 15 is 0 Å². The molecule has 0 aliphatic rings. The predicted molar refractivity (Wildman–Crippen MR) is 98.3 cm³/mol. The number of fused-ring (bicyclic) bond motifs is 1. The predicted octanol–water partition coefficient (Wildman–Crippen LogP) is 3.03. The van der Waals surface area contributed by atoms with E-state index in [0.29, 0.717) is 6.54 Å². The zero-order valence-corrected chi connectivity index (χ0v) is 13.8. The summed E-state index contributed by atoms with van der Waals surface area (Å²) >= 11 is 0. The summed E-state index contributed by atoms with van der Waals surface area (Å²) in [5.41, 5.74) is 11.2. The van der Waals surface area contributed by atoms with Gasteiger partial charge in [0.1, 0.15) is 0 Å². The van der Waals surface area contributed by atoms with Gasteiger partial charge >= 0.3 is 0 Å². The van der Waals surface area contributed by atoms with Gasteiger partial charge in [-0.2, -0.15) is 0 Å². The number of benzene rings is 1. The summed E-state index contributed by atoms with van der Waals surface area (Å²) in [4.78, 5) is 16.6. The first-order valence-corrected chi connectivity index (χ1v) is 8.33. The molecule has 1 unspecified atom stereocenters. The van der Waals surface area contributed by atoms with E-state index in [1.807, 2.05) is 42.9 Å². The Morgan fingerprint density at radius 2 is 1.96 bits per heavy atom. The number of rotatable bonds is 5. The van der Waals surface area contributed by atoms with Crippen molar-refractivity contribution in [3.05, 3.63) is 89.9 Å². The molecular weight excluding hydrogens is 310 g/mol. The molecular formula is C20H19N5. The highest BCUT2D eigenvalue weighted by Gasteiger charge is 2.22. The van der Waals surface area contributed by atoms with Crippen molar-refractivity contribution in [2.45, 2.75) is 12.3 Å². The number of nitrogens with two attached hydrogens (primary N) is 1. The average Bonchev–Trinajstić information content (AvgIpc) is 3.18. The summed E-state index contributed by atoms with van der Waals surface area (Å²) < 4.78 is 0. The molecule has 3 heterocycles. The van der Waals surface area contributed by atoms with E-state index in [-0.39, 0.29) is 5.92 Å². The Bertz CT molecular complexity index is 964. The molecule has 0 aliphatic carbocycles. The van der Waals surface area contributed by atoms with Crippen molar-refractivity contribution in [3.63, 3.8) is 0 Å². The standard InChI is InChI=1S/C20H19N5/c21-7-6-14-10-15-4-3-9-24-18(15)11-16(14)20(19-12-22-13-25-19)17-5-1-2-8-23-17/h1-5,8-13,20H,6-7,21H2,(H,22,25). The van der Waals surface area contributed by atoms with Crippen LogP contribution in [0.3, 0.4) is 0 Å². The number of imidazole rings is 1. The summed E-state index contributed by atoms with van der Waals surface area (Å²) in [6.07, 6.45) is 8.00. The van der Waals surface area contributed by atoms with Crippen LogP contribution in [0.5, 0.6) is 0 Å². The molecule has 5 heteroatoms. The van der Waals surface area contributed by atoms with Gasteiger partial charge in [-0.3, -0.25) is 9.97 Å². The Morgan fingerprint density at radius 3 is 2.72 bits per heavy atom. The minimum absolute atomic E-state index is 0.0309. The molecule has 0 fully saturated rings. The molecule has 124 valence electrons. The topological polar surface area (TPSA) is 80.5 Å². The lowest BCUT2D eigenvalue weighted by molar-refractivity contribution is 0.854. The molecule has 0 saturated carbocycles. The van der Waals surface area contributed by atoms with Crippen LogP contribution in [0.4, 0.5) is 0 Å². The van der Waals surface area contributed by atoms with Crippen LogP contribution in [0.25, 0.3) is 10.9 Å². The van der Waals surface area contributed by atoms with Crippen molar-refractivity contribution < 1.29 is 0 Å². The van der Waals surface area contributed by atoms with Gasteiger partial charge in [-0.15, -0.1) is 0 Å². The molecule has 1 atom stereocenters. The van der Waals surface area contributed by atoms with Crippen molar-refractivity contribution in [2.24, 2.45) is 5.73 Å². The second-order valence-corrected chi connectivity index (χ2v) is 5.98. The summed E-state index contributed by atoms with van der Waals surface area (Å²) in [7, 11) is 0. The third kappa shape index (κ3) is 3.02. The Balaban J connectivity index is 1.96. The summed E-state index contributed by atoms with van der Waals surface area (Å²) in [6.45, 7) is 0.594. The van der Waals surface area contributed by atoms with Crippen molar-refractivity contribution in [2.75, 3.05) is 6.54 Å². The number of hydrogen-bond donors (Lipinski definition) is 2. The zero-order valence-electron chi connectivity index (χ0n) is 13.8. The van der Waals surface area contributed by atoms with Crippen LogP contribution in [0.1, 0.15) is 28.4 Å². The van der Waals surface area contributed by atoms with Crippen molar-refractivity contribution >= 4 is 10.9 Å². The molecule has 1 aromatic carbocycles. The second-order valence-electron chi connectivity index (χ2n) is 5.98. The number of hydrogen-bond acceptors (Lipinski definition) is 4. The fraction of sp³-hybridized carbons (Fsp3) is 0.150. The van der Waals surface area contributed by atoms with E-state index in [2.05, 4.69) is 38.1 Å². The van der Waals surface area contributed by atoms with Gasteiger partial charge < -0.3 is 10.7 Å². The SMILES string of the molecule is NCCc1cc2cccnc2cc1C(c1ccccn1)c1cnc[nH]1. The fourth-order valence-corrected chi connectivity index (χ4v) is 3.28. The van der Waals surface area contributed by atoms with Gasteiger partial charge in [0.05, 0.1) is 23.5 Å². The first-order valence-electron chi connectivity index (χ1n) is 8.33. The molecule has 0 aliphatic heterocycles. The Labute approximate surface area is 146 Å². The highest BCUT2D eigenvalue weighted by molar-refractivity contribution is 5.80. The number of aromatic nitrogens is 4. The highest BCUT2D eigenvalue weighted by Crippen LogP contribution is 2.33. The molecule has 3 aromatic heterocycles. The molecule has 25 heavy (non-hydrogen) atoms. The average molecular weight is 329 g/mol. The number of pyridine rings is 2. The lowest BCUT2D eigenvalue weighted by Crippen LogP contribution is -2.12. The van der Waals surface area contributed by atoms with Crippen LogP contribution in [-0.2, 0) is 6.42 Å². The van der Waals surface area contributed by atoms with Gasteiger partial charge in [0.15, 0.2) is 0 Å². The minimum Gasteiger partial charge on any atom is -0.348 e. The summed E-state index contributed by atoms with van der Waals surface area (Å²) in [6, 6.07) is 14.4. The minimum atomic E-state index is -0.0309. The van der Waals surface area contributed by atoms with Gasteiger partial charge in [0.25, 0.3) is 0 Å². The molecule has 4 aromatic rings. The van der Waals surface area contributed by atoms with E-state index in [1.165, 1.54) is 11.1 Å². The van der Waals surface area contributed by atoms with Crippen LogP contribution in [0.2, 0.25) is 0 Å². The lowest BCUT2D eigenvalue weighted by atomic mass is 9.86. The van der Waals surface area contributed by atoms with Crippen LogP contribution >= 0.6 is 0 Å². The van der Waals surface area contributed by atoms with Crippen molar-refractivity contribution in [3.8, 4) is 0 Å². The molecule has 3 N–H and O–H groups in total. The quantitative estimate of drug-likeness (QED) is 0.590. The Kier molecular flexibility index (Phi) is 4.23. The number of nitrogens with zero attached hydrogens (tertiary/aromatic N) is 3. The van der Waals surface area contributed by atoms with Gasteiger partial charge in [-0.05, 0) is 54.4 Å². The van der Waals surface area contributed by atoms with E-state index in [1.54, 1.807) is 6.33 Å². The number of nitrogens with one attached hydrogen (secondary N) is 1. The normalized spacial score (nSPS) is 12.4. The second kappa shape index (κ2) is 6.83. The molecule has 4 rings (SSSR count). The Morgan fingerprint density at radius 1 is 1.04 bits per heavy atom. The van der Waals surface area contributed by atoms with Crippen molar-refractivity contribution in [1.29, 1.82) is 0 Å². The Hall–Kier alpha value is -3.05. The maximum atomic E-state index is 5.88. The largest absolute Gasteiger partial charge is 0.348 e. The molecule has 5 nitrogen and oxygen atoms in total. The van der Waals surface area contributed by atoms with Gasteiger partial charge in [0.2, 0.25) is 0 Å². The van der Waals surface area contributed by atoms with Crippen LogP contribution in [-0.4, -0.2) is 26.5 Å².